The highest BCUT2D eigenvalue weighted by Gasteiger charge is 2.11. The molecule has 0 bridgehead atoms. The van der Waals surface area contributed by atoms with Gasteiger partial charge in [-0.3, -0.25) is 0 Å². The predicted molar refractivity (Wildman–Crippen MR) is 89.3 cm³/mol. The highest BCUT2D eigenvalue weighted by molar-refractivity contribution is 5.73. The number of hydrogen-bond acceptors (Lipinski definition) is 5. The number of hydrogen-bond donors (Lipinski definition) is 1. The van der Waals surface area contributed by atoms with Crippen molar-refractivity contribution in [1.82, 2.24) is 20.2 Å². The summed E-state index contributed by atoms with van der Waals surface area (Å²) in [5.74, 6) is 1.52. The normalized spacial score (nSPS) is 10.6. The van der Waals surface area contributed by atoms with Crippen molar-refractivity contribution in [2.45, 2.75) is 13.5 Å². The highest BCUT2D eigenvalue weighted by Crippen LogP contribution is 2.27. The number of anilines is 1. The molecule has 6 nitrogen and oxygen atoms in total. The lowest BCUT2D eigenvalue weighted by atomic mass is 10.1. The first kappa shape index (κ1) is 15.0. The molecule has 0 aliphatic heterocycles. The molecule has 0 spiro atoms. The van der Waals surface area contributed by atoms with Crippen molar-refractivity contribution in [2.24, 2.45) is 7.05 Å². The number of rotatable bonds is 5. The second kappa shape index (κ2) is 6.48. The van der Waals surface area contributed by atoms with E-state index in [0.717, 1.165) is 28.1 Å². The number of tetrazole rings is 1. The van der Waals surface area contributed by atoms with E-state index in [1.54, 1.807) is 14.2 Å². The number of para-hydroxylation sites is 2. The third-order valence-corrected chi connectivity index (χ3v) is 3.64. The summed E-state index contributed by atoms with van der Waals surface area (Å²) in [5.41, 5.74) is 4.11. The van der Waals surface area contributed by atoms with Crippen molar-refractivity contribution in [3.63, 3.8) is 0 Å². The molecule has 2 aromatic carbocycles. The van der Waals surface area contributed by atoms with Crippen molar-refractivity contribution < 1.29 is 4.74 Å². The van der Waals surface area contributed by atoms with Crippen LogP contribution in [0.4, 0.5) is 5.69 Å². The first-order valence-electron chi connectivity index (χ1n) is 7.39. The van der Waals surface area contributed by atoms with Crippen LogP contribution in [0.2, 0.25) is 0 Å². The van der Waals surface area contributed by atoms with Crippen molar-refractivity contribution in [3.8, 4) is 17.1 Å². The van der Waals surface area contributed by atoms with Gasteiger partial charge in [-0.15, -0.1) is 10.2 Å². The number of nitrogens with one attached hydrogen (secondary N) is 1. The van der Waals surface area contributed by atoms with Gasteiger partial charge in [-0.2, -0.15) is 4.80 Å². The van der Waals surface area contributed by atoms with Crippen LogP contribution in [-0.2, 0) is 13.6 Å². The molecule has 0 fully saturated rings. The van der Waals surface area contributed by atoms with Gasteiger partial charge >= 0.3 is 0 Å². The number of ether oxygens (including phenoxy) is 1. The zero-order valence-corrected chi connectivity index (χ0v) is 13.4. The van der Waals surface area contributed by atoms with Crippen LogP contribution in [0.15, 0.2) is 42.5 Å². The molecule has 0 radical (unpaired) electrons. The van der Waals surface area contributed by atoms with Crippen molar-refractivity contribution >= 4 is 5.69 Å². The predicted octanol–water partition coefficient (Wildman–Crippen LogP) is 2.81. The van der Waals surface area contributed by atoms with Gasteiger partial charge in [0.1, 0.15) is 5.75 Å². The number of aromatic nitrogens is 4. The molecule has 0 saturated carbocycles. The lowest BCUT2D eigenvalue weighted by molar-refractivity contribution is 0.407. The molecule has 1 aromatic heterocycles. The van der Waals surface area contributed by atoms with Crippen LogP contribution in [0.1, 0.15) is 11.1 Å². The molecular formula is C17H19N5O. The van der Waals surface area contributed by atoms with E-state index in [9.17, 15) is 0 Å². The Morgan fingerprint density at radius 1 is 1.13 bits per heavy atom. The molecular weight excluding hydrogens is 290 g/mol. The minimum absolute atomic E-state index is 0.604. The Kier molecular flexibility index (Phi) is 4.23. The third kappa shape index (κ3) is 3.15. The molecule has 6 heteroatoms. The van der Waals surface area contributed by atoms with Gasteiger partial charge in [-0.1, -0.05) is 30.3 Å². The largest absolute Gasteiger partial charge is 0.496 e. The van der Waals surface area contributed by atoms with Gasteiger partial charge in [-0.25, -0.2) is 0 Å². The summed E-state index contributed by atoms with van der Waals surface area (Å²) in [6.45, 7) is 2.70. The van der Waals surface area contributed by atoms with E-state index in [0.29, 0.717) is 12.4 Å². The van der Waals surface area contributed by atoms with Crippen LogP contribution in [0.5, 0.6) is 5.75 Å². The van der Waals surface area contributed by atoms with E-state index in [1.165, 1.54) is 4.80 Å². The second-order valence-corrected chi connectivity index (χ2v) is 5.27. The van der Waals surface area contributed by atoms with Gasteiger partial charge in [0, 0.05) is 23.4 Å². The zero-order valence-electron chi connectivity index (χ0n) is 13.4. The highest BCUT2D eigenvalue weighted by atomic mass is 16.5. The summed E-state index contributed by atoms with van der Waals surface area (Å²) in [4.78, 5) is 1.45. The molecule has 0 aliphatic rings. The Morgan fingerprint density at radius 3 is 2.70 bits per heavy atom. The van der Waals surface area contributed by atoms with Gasteiger partial charge < -0.3 is 10.1 Å². The maximum absolute atomic E-state index is 5.50. The zero-order chi connectivity index (χ0) is 16.2. The number of methoxy groups -OCH3 is 1. The lowest BCUT2D eigenvalue weighted by Gasteiger charge is -2.14. The first-order valence-corrected chi connectivity index (χ1v) is 7.39. The Morgan fingerprint density at radius 2 is 1.96 bits per heavy atom. The standard InChI is InChI=1S/C17H19N5O/c1-12-7-6-8-13(16(12)23-3)11-18-15-10-5-4-9-14(15)17-19-21-22(2)20-17/h4-10,18H,11H2,1-3H3. The van der Waals surface area contributed by atoms with Crippen LogP contribution >= 0.6 is 0 Å². The van der Waals surface area contributed by atoms with Gasteiger partial charge in [0.25, 0.3) is 0 Å². The molecule has 0 unspecified atom stereocenters. The van der Waals surface area contributed by atoms with Gasteiger partial charge in [0.15, 0.2) is 0 Å². The fourth-order valence-electron chi connectivity index (χ4n) is 2.56. The average Bonchev–Trinajstić information content (AvgIpc) is 2.99. The van der Waals surface area contributed by atoms with Crippen molar-refractivity contribution in [2.75, 3.05) is 12.4 Å². The molecule has 0 amide bonds. The summed E-state index contributed by atoms with van der Waals surface area (Å²) in [6, 6.07) is 14.1. The third-order valence-electron chi connectivity index (χ3n) is 3.64. The molecule has 0 atom stereocenters. The van der Waals surface area contributed by atoms with Gasteiger partial charge in [-0.05, 0) is 29.8 Å². The van der Waals surface area contributed by atoms with E-state index >= 15 is 0 Å². The molecule has 3 aromatic rings. The SMILES string of the molecule is COc1c(C)cccc1CNc1ccccc1-c1nnn(C)n1. The molecule has 0 saturated heterocycles. The molecule has 1 N–H and O–H groups in total. The fourth-order valence-corrected chi connectivity index (χ4v) is 2.56. The van der Waals surface area contributed by atoms with E-state index in [-0.39, 0.29) is 0 Å². The van der Waals surface area contributed by atoms with Crippen LogP contribution in [0.25, 0.3) is 11.4 Å². The topological polar surface area (TPSA) is 64.9 Å². The maximum atomic E-state index is 5.50. The summed E-state index contributed by atoms with van der Waals surface area (Å²) >= 11 is 0. The second-order valence-electron chi connectivity index (χ2n) is 5.27. The Bertz CT molecular complexity index is 812. The van der Waals surface area contributed by atoms with Crippen LogP contribution < -0.4 is 10.1 Å². The summed E-state index contributed by atoms with van der Waals surface area (Å²) in [5, 5.41) is 15.7. The van der Waals surface area contributed by atoms with Crippen molar-refractivity contribution in [1.29, 1.82) is 0 Å². The molecule has 0 aliphatic carbocycles. The lowest BCUT2D eigenvalue weighted by Crippen LogP contribution is -2.04. The molecule has 118 valence electrons. The van der Waals surface area contributed by atoms with Crippen molar-refractivity contribution in [3.05, 3.63) is 53.6 Å². The Hall–Kier alpha value is -2.89. The summed E-state index contributed by atoms with van der Waals surface area (Å²) in [6.07, 6.45) is 0. The summed E-state index contributed by atoms with van der Waals surface area (Å²) in [7, 11) is 3.45. The fraction of sp³-hybridized carbons (Fsp3) is 0.235. The smallest absolute Gasteiger partial charge is 0.206 e. The number of nitrogens with zero attached hydrogens (tertiary/aromatic N) is 4. The minimum Gasteiger partial charge on any atom is -0.496 e. The maximum Gasteiger partial charge on any atom is 0.206 e. The van der Waals surface area contributed by atoms with Crippen LogP contribution in [0.3, 0.4) is 0 Å². The van der Waals surface area contributed by atoms with Crippen LogP contribution in [-0.4, -0.2) is 27.3 Å². The Balaban J connectivity index is 1.86. The van der Waals surface area contributed by atoms with Gasteiger partial charge in [0.05, 0.1) is 14.2 Å². The average molecular weight is 309 g/mol. The quantitative estimate of drug-likeness (QED) is 0.785. The van der Waals surface area contributed by atoms with Crippen LogP contribution in [0, 0.1) is 6.92 Å². The van der Waals surface area contributed by atoms with E-state index in [1.807, 2.05) is 43.3 Å². The molecule has 23 heavy (non-hydrogen) atoms. The summed E-state index contributed by atoms with van der Waals surface area (Å²) < 4.78 is 5.50. The first-order chi connectivity index (χ1) is 11.2. The van der Waals surface area contributed by atoms with Gasteiger partial charge in [0.2, 0.25) is 5.82 Å². The number of aryl methyl sites for hydroxylation is 2. The van der Waals surface area contributed by atoms with E-state index < -0.39 is 0 Å². The monoisotopic (exact) mass is 309 g/mol. The number of benzene rings is 2. The van der Waals surface area contributed by atoms with E-state index in [2.05, 4.69) is 26.8 Å². The molecule has 3 rings (SSSR count). The molecule has 1 heterocycles. The minimum atomic E-state index is 0.604. The Labute approximate surface area is 135 Å². The van der Waals surface area contributed by atoms with E-state index in [4.69, 9.17) is 4.74 Å².